The third-order valence-corrected chi connectivity index (χ3v) is 11.7. The van der Waals surface area contributed by atoms with Gasteiger partial charge in [0.05, 0.1) is 0 Å². The zero-order valence-corrected chi connectivity index (χ0v) is 29.2. The fourth-order valence-electron chi connectivity index (χ4n) is 8.12. The molecule has 2 aromatic rings. The van der Waals surface area contributed by atoms with Gasteiger partial charge in [-0.05, 0) is 98.9 Å². The number of likely N-dealkylation sites (tertiary alicyclic amines) is 2. The maximum absolute atomic E-state index is 14.1. The van der Waals surface area contributed by atoms with Gasteiger partial charge in [0.25, 0.3) is 5.91 Å². The van der Waals surface area contributed by atoms with Crippen LogP contribution in [0.2, 0.25) is 0 Å². The molecule has 3 fully saturated rings. The maximum atomic E-state index is 14.1. The molecule has 4 heterocycles. The SMILES string of the molecule is Cc1cc(C[C@@H](OC(=O)N2CCC(N3CCc4ccccc4NC3=O)CC2)C(=O)N2CCC(C3CCN(S[NH3+])CC3)CC2)cc(C)c1O. The lowest BCUT2D eigenvalue weighted by atomic mass is 9.79. The summed E-state index contributed by atoms with van der Waals surface area (Å²) in [6.45, 7) is 8.69. The lowest BCUT2D eigenvalue weighted by Gasteiger charge is -2.40. The summed E-state index contributed by atoms with van der Waals surface area (Å²) in [4.78, 5) is 46.2. The number of quaternary nitrogens is 1. The molecule has 0 radical (unpaired) electrons. The molecule has 0 unspecified atom stereocenters. The molecule has 260 valence electrons. The van der Waals surface area contributed by atoms with Crippen molar-refractivity contribution in [1.82, 2.24) is 19.0 Å². The Bertz CT molecular complexity index is 1440. The van der Waals surface area contributed by atoms with Gasteiger partial charge in [-0.1, -0.05) is 30.3 Å². The van der Waals surface area contributed by atoms with Crippen molar-refractivity contribution >= 4 is 35.9 Å². The number of fused-ring (bicyclic) bond motifs is 1. The monoisotopic (exact) mass is 679 g/mol. The number of anilines is 1. The van der Waals surface area contributed by atoms with Crippen LogP contribution in [0.25, 0.3) is 0 Å². The Hall–Kier alpha value is -3.48. The number of carbonyl (C=O) groups excluding carboxylic acids is 3. The summed E-state index contributed by atoms with van der Waals surface area (Å²) in [5.74, 6) is 1.38. The van der Waals surface area contributed by atoms with Crippen LogP contribution in [0.3, 0.4) is 0 Å². The molecule has 0 aromatic heterocycles. The van der Waals surface area contributed by atoms with E-state index in [9.17, 15) is 19.5 Å². The second-order valence-corrected chi connectivity index (χ2v) is 14.7. The largest absolute Gasteiger partial charge is 0.507 e. The lowest BCUT2D eigenvalue weighted by molar-refractivity contribution is -0.147. The number of para-hydroxylation sites is 1. The lowest BCUT2D eigenvalue weighted by Crippen LogP contribution is -2.52. The molecule has 4 aliphatic rings. The zero-order valence-electron chi connectivity index (χ0n) is 28.4. The number of ether oxygens (including phenoxy) is 1. The molecule has 2 aromatic carbocycles. The number of nitrogens with zero attached hydrogens (tertiary/aromatic N) is 4. The van der Waals surface area contributed by atoms with E-state index in [1.807, 2.05) is 60.0 Å². The van der Waals surface area contributed by atoms with Crippen molar-refractivity contribution in [3.8, 4) is 5.75 Å². The molecule has 11 nitrogen and oxygen atoms in total. The summed E-state index contributed by atoms with van der Waals surface area (Å²) < 4.78 is 8.40. The Kier molecular flexibility index (Phi) is 11.0. The van der Waals surface area contributed by atoms with E-state index in [4.69, 9.17) is 4.74 Å². The minimum Gasteiger partial charge on any atom is -0.507 e. The number of rotatable bonds is 7. The number of amides is 4. The van der Waals surface area contributed by atoms with Gasteiger partial charge in [0.2, 0.25) is 0 Å². The van der Waals surface area contributed by atoms with Crippen molar-refractivity contribution in [3.05, 3.63) is 58.7 Å². The van der Waals surface area contributed by atoms with Crippen molar-refractivity contribution in [1.29, 1.82) is 0 Å². The number of aryl methyl sites for hydroxylation is 2. The van der Waals surface area contributed by atoms with Crippen molar-refractivity contribution in [2.24, 2.45) is 11.8 Å². The van der Waals surface area contributed by atoms with Crippen LogP contribution in [0.5, 0.6) is 5.75 Å². The van der Waals surface area contributed by atoms with Gasteiger partial charge < -0.3 is 29.9 Å². The van der Waals surface area contributed by atoms with Gasteiger partial charge in [-0.3, -0.25) is 9.93 Å². The van der Waals surface area contributed by atoms with Gasteiger partial charge in [0, 0.05) is 64.0 Å². The maximum Gasteiger partial charge on any atom is 0.410 e. The van der Waals surface area contributed by atoms with Crippen LogP contribution in [0.4, 0.5) is 15.3 Å². The van der Waals surface area contributed by atoms with Gasteiger partial charge in [-0.25, -0.2) is 13.9 Å². The second kappa shape index (κ2) is 15.4. The first-order chi connectivity index (χ1) is 23.2. The number of hydrogen-bond donors (Lipinski definition) is 3. The molecule has 6 rings (SSSR count). The van der Waals surface area contributed by atoms with E-state index in [0.29, 0.717) is 57.4 Å². The molecule has 48 heavy (non-hydrogen) atoms. The van der Waals surface area contributed by atoms with Crippen molar-refractivity contribution in [2.75, 3.05) is 51.1 Å². The standard InChI is InChI=1S/C36H50N6O5S/c1-24-21-26(22-25(2)33(24)43)23-32(34(44)39-14-7-27(8-15-39)28-9-18-41(48-37)19-10-28)47-36(46)40-16-12-30(13-17-40)42-20-11-29-5-3-4-6-31(29)38-35(42)45/h3-6,21-22,27-28,30,32,43H,7-20,23,37H2,1-2H3,(H,38,45)/p+1/t32-/m1/s1. The third kappa shape index (κ3) is 7.87. The van der Waals surface area contributed by atoms with Gasteiger partial charge in [0.15, 0.2) is 18.2 Å². The zero-order chi connectivity index (χ0) is 33.8. The number of piperidine rings is 3. The van der Waals surface area contributed by atoms with Crippen LogP contribution in [-0.4, -0.2) is 100 Å². The highest BCUT2D eigenvalue weighted by molar-refractivity contribution is 7.89. The summed E-state index contributed by atoms with van der Waals surface area (Å²) >= 11 is 1.58. The first-order valence-corrected chi connectivity index (χ1v) is 18.5. The molecule has 5 N–H and O–H groups in total. The quantitative estimate of drug-likeness (QED) is 0.371. The van der Waals surface area contributed by atoms with Crippen LogP contribution >= 0.6 is 12.1 Å². The van der Waals surface area contributed by atoms with Gasteiger partial charge in [-0.15, -0.1) is 0 Å². The van der Waals surface area contributed by atoms with Gasteiger partial charge in [0.1, 0.15) is 5.75 Å². The van der Waals surface area contributed by atoms with Crippen LogP contribution in [0.1, 0.15) is 60.8 Å². The van der Waals surface area contributed by atoms with E-state index in [1.54, 1.807) is 17.0 Å². The summed E-state index contributed by atoms with van der Waals surface area (Å²) in [5, 5.41) is 17.3. The van der Waals surface area contributed by atoms with Gasteiger partial charge >= 0.3 is 12.1 Å². The average molecular weight is 680 g/mol. The molecule has 1 atom stereocenters. The molecular formula is C36H51N6O5S+. The number of hydrogen-bond acceptors (Lipinski definition) is 7. The molecule has 0 spiro atoms. The number of urea groups is 1. The van der Waals surface area contributed by atoms with E-state index in [0.717, 1.165) is 60.3 Å². The van der Waals surface area contributed by atoms with Crippen LogP contribution in [-0.2, 0) is 22.4 Å². The topological polar surface area (TPSA) is 133 Å². The predicted molar refractivity (Wildman–Crippen MR) is 186 cm³/mol. The fourth-order valence-corrected chi connectivity index (χ4v) is 8.59. The van der Waals surface area contributed by atoms with Crippen molar-refractivity contribution < 1.29 is 29.4 Å². The smallest absolute Gasteiger partial charge is 0.410 e. The molecule has 0 aliphatic carbocycles. The summed E-state index contributed by atoms with van der Waals surface area (Å²) in [5.41, 5.74) is 4.30. The summed E-state index contributed by atoms with van der Waals surface area (Å²) in [7, 11) is 0. The predicted octanol–water partition coefficient (Wildman–Crippen LogP) is 4.37. The highest BCUT2D eigenvalue weighted by Crippen LogP contribution is 2.34. The molecule has 12 heteroatoms. The Morgan fingerprint density at radius 1 is 0.917 bits per heavy atom. The average Bonchev–Trinajstić information content (AvgIpc) is 3.28. The van der Waals surface area contributed by atoms with E-state index >= 15 is 0 Å². The van der Waals surface area contributed by atoms with Crippen LogP contribution in [0.15, 0.2) is 36.4 Å². The first kappa shape index (κ1) is 34.4. The number of benzene rings is 2. The number of phenols is 1. The molecule has 0 bridgehead atoms. The highest BCUT2D eigenvalue weighted by Gasteiger charge is 2.37. The third-order valence-electron chi connectivity index (χ3n) is 11.0. The van der Waals surface area contributed by atoms with E-state index in [2.05, 4.69) is 14.8 Å². The number of carbonyl (C=O) groups is 3. The number of nitrogens with one attached hydrogen (secondary N) is 1. The Labute approximate surface area is 288 Å². The van der Waals surface area contributed by atoms with E-state index in [1.165, 1.54) is 12.8 Å². The minimum absolute atomic E-state index is 0.0228. The normalized spacial score (nSPS) is 21.0. The molecule has 0 saturated carbocycles. The van der Waals surface area contributed by atoms with E-state index < -0.39 is 12.2 Å². The highest BCUT2D eigenvalue weighted by atomic mass is 32.2. The number of aromatic hydroxyl groups is 1. The van der Waals surface area contributed by atoms with Gasteiger partial charge in [-0.2, -0.15) is 0 Å². The fraction of sp³-hybridized carbons (Fsp3) is 0.583. The Morgan fingerprint density at radius 2 is 1.52 bits per heavy atom. The second-order valence-electron chi connectivity index (χ2n) is 14.0. The van der Waals surface area contributed by atoms with Crippen molar-refractivity contribution in [2.45, 2.75) is 77.4 Å². The Balaban J connectivity index is 1.07. The summed E-state index contributed by atoms with van der Waals surface area (Å²) in [6.07, 6.45) is 5.16. The van der Waals surface area contributed by atoms with Crippen LogP contribution < -0.4 is 10.5 Å². The van der Waals surface area contributed by atoms with Crippen LogP contribution in [0, 0.1) is 25.7 Å². The van der Waals surface area contributed by atoms with Crippen molar-refractivity contribution in [3.63, 3.8) is 0 Å². The molecule has 4 amide bonds. The molecule has 4 aliphatic heterocycles. The Morgan fingerprint density at radius 3 is 2.17 bits per heavy atom. The molecular weight excluding hydrogens is 628 g/mol. The summed E-state index contributed by atoms with van der Waals surface area (Å²) in [6, 6.07) is 11.6. The van der Waals surface area contributed by atoms with E-state index in [-0.39, 0.29) is 30.2 Å². The first-order valence-electron chi connectivity index (χ1n) is 17.6. The molecule has 3 saturated heterocycles. The number of phenolic OH excluding ortho intramolecular Hbond substituents is 1. The minimum atomic E-state index is -0.956.